The van der Waals surface area contributed by atoms with Crippen LogP contribution in [0, 0.1) is 11.8 Å². The molecule has 2 aliphatic rings. The summed E-state index contributed by atoms with van der Waals surface area (Å²) in [4.78, 5) is 29.1. The predicted molar refractivity (Wildman–Crippen MR) is 177 cm³/mol. The zero-order chi connectivity index (χ0) is 31.9. The summed E-state index contributed by atoms with van der Waals surface area (Å²) < 4.78 is 12.1. The molecular formula is C36H41NO5SSi. The normalized spacial score (nSPS) is 23.3. The van der Waals surface area contributed by atoms with Gasteiger partial charge < -0.3 is 19.2 Å². The van der Waals surface area contributed by atoms with Gasteiger partial charge in [0, 0.05) is 4.75 Å². The van der Waals surface area contributed by atoms with Crippen LogP contribution >= 0.6 is 11.8 Å². The predicted octanol–water partition coefficient (Wildman–Crippen LogP) is 6.88. The van der Waals surface area contributed by atoms with Crippen LogP contribution in [0.4, 0.5) is 0 Å². The van der Waals surface area contributed by atoms with E-state index in [1.54, 1.807) is 0 Å². The van der Waals surface area contributed by atoms with Crippen molar-refractivity contribution in [1.29, 1.82) is 0 Å². The van der Waals surface area contributed by atoms with Gasteiger partial charge in [0.2, 0.25) is 5.60 Å². The Morgan fingerprint density at radius 1 is 0.909 bits per heavy atom. The van der Waals surface area contributed by atoms with Gasteiger partial charge in [0.25, 0.3) is 5.91 Å². The molecule has 1 amide bonds. The molecule has 1 unspecified atom stereocenters. The molecule has 8 heteroatoms. The number of hydrogen-bond donors (Lipinski definition) is 1. The van der Waals surface area contributed by atoms with Crippen LogP contribution in [-0.2, 0) is 18.8 Å². The van der Waals surface area contributed by atoms with E-state index < -0.39 is 54.2 Å². The smallest absolute Gasteiger partial charge is 0.331 e. The minimum Gasteiger partial charge on any atom is -0.451 e. The molecule has 0 radical (unpaired) electrons. The van der Waals surface area contributed by atoms with Crippen molar-refractivity contribution in [2.75, 3.05) is 0 Å². The highest BCUT2D eigenvalue weighted by Crippen LogP contribution is 2.55. The minimum absolute atomic E-state index is 0.0576. The van der Waals surface area contributed by atoms with Crippen molar-refractivity contribution in [2.24, 2.45) is 0 Å². The van der Waals surface area contributed by atoms with Crippen molar-refractivity contribution in [2.45, 2.75) is 86.7 Å². The molecule has 0 bridgehead atoms. The van der Waals surface area contributed by atoms with Gasteiger partial charge in [0.05, 0.1) is 0 Å². The number of β-lactam (4-membered cyclic amide) rings is 1. The lowest BCUT2D eigenvalue weighted by Crippen LogP contribution is -2.73. The lowest BCUT2D eigenvalue weighted by atomic mass is 9.88. The zero-order valence-corrected chi connectivity index (χ0v) is 28.2. The molecule has 1 N–H and O–H groups in total. The monoisotopic (exact) mass is 627 g/mol. The second-order valence-corrected chi connectivity index (χ2v) is 20.0. The third-order valence-electron chi connectivity index (χ3n) is 8.90. The van der Waals surface area contributed by atoms with Gasteiger partial charge in [0.1, 0.15) is 17.5 Å². The third-order valence-corrected chi connectivity index (χ3v) is 15.0. The first kappa shape index (κ1) is 32.1. The van der Waals surface area contributed by atoms with Crippen LogP contribution in [0.3, 0.4) is 0 Å². The lowest BCUT2D eigenvalue weighted by Gasteiger charge is -2.47. The molecule has 2 heterocycles. The Bertz CT molecular complexity index is 1520. The topological polar surface area (TPSA) is 76.1 Å². The van der Waals surface area contributed by atoms with Crippen molar-refractivity contribution >= 4 is 32.0 Å². The van der Waals surface area contributed by atoms with Gasteiger partial charge in [-0.05, 0) is 48.7 Å². The van der Waals surface area contributed by atoms with Gasteiger partial charge in [-0.15, -0.1) is 11.8 Å². The molecule has 5 rings (SSSR count). The Morgan fingerprint density at radius 3 is 1.86 bits per heavy atom. The second kappa shape index (κ2) is 11.9. The van der Waals surface area contributed by atoms with Gasteiger partial charge in [-0.2, -0.15) is 0 Å². The maximum Gasteiger partial charge on any atom is 0.331 e. The Kier molecular flexibility index (Phi) is 8.64. The minimum atomic E-state index is -2.25. The Labute approximate surface area is 266 Å². The zero-order valence-electron chi connectivity index (χ0n) is 26.4. The molecule has 3 aromatic rings. The number of esters is 1. The molecular weight excluding hydrogens is 587 g/mol. The molecule has 44 heavy (non-hydrogen) atoms. The number of nitrogens with zero attached hydrogens (tertiary/aromatic N) is 1. The van der Waals surface area contributed by atoms with E-state index in [9.17, 15) is 14.7 Å². The van der Waals surface area contributed by atoms with Gasteiger partial charge in [-0.1, -0.05) is 124 Å². The summed E-state index contributed by atoms with van der Waals surface area (Å²) in [6.07, 6.45) is -1.25. The van der Waals surface area contributed by atoms with Crippen LogP contribution in [0.25, 0.3) is 0 Å². The largest absolute Gasteiger partial charge is 0.451 e. The van der Waals surface area contributed by atoms with Crippen LogP contribution < -0.4 is 0 Å². The van der Waals surface area contributed by atoms with E-state index in [4.69, 9.17) is 9.16 Å². The standard InChI is InChI=1S/C36H41NO5SSi/c1-34(2,3)44(6,7)42-28(25-17-11-8-12-18-25)23-24-36(40)32(39)37-30(35(4,5)43-33(36)37)31(38)41-29(26-19-13-9-14-20-26)27-21-15-10-16-22-27/h8-22,28-30,33,40H,1-7H3/t28?,30-,33+,36+/m0/s1. The van der Waals surface area contributed by atoms with Crippen molar-refractivity contribution in [1.82, 2.24) is 4.90 Å². The van der Waals surface area contributed by atoms with Crippen LogP contribution in [0.15, 0.2) is 91.0 Å². The summed E-state index contributed by atoms with van der Waals surface area (Å²) in [6, 6.07) is 27.9. The highest BCUT2D eigenvalue weighted by atomic mass is 32.2. The number of hydrogen-bond acceptors (Lipinski definition) is 6. The summed E-state index contributed by atoms with van der Waals surface area (Å²) >= 11 is 1.37. The summed E-state index contributed by atoms with van der Waals surface area (Å²) in [5, 5.41) is 10.9. The molecule has 4 atom stereocenters. The quantitative estimate of drug-likeness (QED) is 0.133. The first-order valence-electron chi connectivity index (χ1n) is 14.9. The molecule has 0 spiro atoms. The van der Waals surface area contributed by atoms with E-state index in [-0.39, 0.29) is 5.04 Å². The molecule has 2 aliphatic heterocycles. The molecule has 6 nitrogen and oxygen atoms in total. The van der Waals surface area contributed by atoms with E-state index in [2.05, 4.69) is 45.7 Å². The number of rotatable bonds is 7. The number of benzene rings is 3. The average Bonchev–Trinajstić information content (AvgIpc) is 3.27. The number of ether oxygens (including phenoxy) is 1. The first-order chi connectivity index (χ1) is 20.7. The number of fused-ring (bicyclic) bond motifs is 1. The van der Waals surface area contributed by atoms with E-state index in [0.717, 1.165) is 16.7 Å². The average molecular weight is 628 g/mol. The second-order valence-electron chi connectivity index (χ2n) is 13.5. The molecule has 2 fully saturated rings. The number of aliphatic hydroxyl groups is 1. The van der Waals surface area contributed by atoms with E-state index >= 15 is 0 Å². The number of thioether (sulfide) groups is 1. The van der Waals surface area contributed by atoms with Crippen LogP contribution in [0.5, 0.6) is 0 Å². The summed E-state index contributed by atoms with van der Waals surface area (Å²) in [5.74, 6) is 4.94. The van der Waals surface area contributed by atoms with Gasteiger partial charge >= 0.3 is 5.97 Å². The maximum absolute atomic E-state index is 13.9. The molecule has 0 aromatic heterocycles. The number of carbonyl (C=O) groups excluding carboxylic acids is 2. The summed E-state index contributed by atoms with van der Waals surface area (Å²) in [5.41, 5.74) is 0.584. The van der Waals surface area contributed by atoms with Crippen molar-refractivity contribution in [3.05, 3.63) is 108 Å². The van der Waals surface area contributed by atoms with Gasteiger partial charge in [-0.25, -0.2) is 4.79 Å². The van der Waals surface area contributed by atoms with E-state index in [0.29, 0.717) is 0 Å². The number of carbonyl (C=O) groups is 2. The van der Waals surface area contributed by atoms with Crippen molar-refractivity contribution < 1.29 is 23.9 Å². The van der Waals surface area contributed by atoms with Crippen LogP contribution in [0.1, 0.15) is 63.5 Å². The Morgan fingerprint density at radius 2 is 1.39 bits per heavy atom. The molecule has 2 saturated heterocycles. The highest BCUT2D eigenvalue weighted by molar-refractivity contribution is 8.01. The Balaban J connectivity index is 1.42. The van der Waals surface area contributed by atoms with Crippen molar-refractivity contribution in [3.63, 3.8) is 0 Å². The van der Waals surface area contributed by atoms with E-state index in [1.807, 2.05) is 105 Å². The van der Waals surface area contributed by atoms with Gasteiger partial charge in [0.15, 0.2) is 14.4 Å². The first-order valence-corrected chi connectivity index (χ1v) is 18.7. The van der Waals surface area contributed by atoms with Gasteiger partial charge in [-0.3, -0.25) is 4.79 Å². The van der Waals surface area contributed by atoms with Crippen LogP contribution in [-0.4, -0.2) is 52.0 Å². The SMILES string of the molecule is CC1(C)S[C@H]2N(C(=O)[C@]2(O)C#CC(O[Si](C)(C)C(C)(C)C)c2ccccc2)[C@H]1C(=O)OC(c1ccccc1)c1ccccc1. The van der Waals surface area contributed by atoms with Crippen molar-refractivity contribution in [3.8, 4) is 11.8 Å². The highest BCUT2D eigenvalue weighted by Gasteiger charge is 2.71. The molecule has 0 saturated carbocycles. The molecule has 3 aromatic carbocycles. The van der Waals surface area contributed by atoms with E-state index in [1.165, 1.54) is 16.7 Å². The molecule has 0 aliphatic carbocycles. The Hall–Kier alpha value is -3.35. The molecule has 230 valence electrons. The maximum atomic E-state index is 13.9. The van der Waals surface area contributed by atoms with Crippen LogP contribution in [0.2, 0.25) is 18.1 Å². The fraction of sp³-hybridized carbons (Fsp3) is 0.389. The fourth-order valence-corrected chi connectivity index (χ4v) is 8.07. The fourth-order valence-electron chi connectivity index (χ4n) is 5.36. The summed E-state index contributed by atoms with van der Waals surface area (Å²) in [6.45, 7) is 14.6. The lowest BCUT2D eigenvalue weighted by molar-refractivity contribution is -0.181. The third kappa shape index (κ3) is 5.99. The number of amides is 1. The summed E-state index contributed by atoms with van der Waals surface area (Å²) in [7, 11) is -2.25.